The highest BCUT2D eigenvalue weighted by Crippen LogP contribution is 2.00. The van der Waals surface area contributed by atoms with Crippen LogP contribution in [0.4, 0.5) is 0 Å². The molecule has 3 N–H and O–H groups in total. The van der Waals surface area contributed by atoms with Crippen LogP contribution in [0.5, 0.6) is 0 Å². The first-order chi connectivity index (χ1) is 6.63. The molecule has 0 unspecified atom stereocenters. The molecule has 1 rings (SSSR count). The third-order valence-corrected chi connectivity index (χ3v) is 1.90. The zero-order chi connectivity index (χ0) is 10.6. The molecule has 78 valence electrons. The van der Waals surface area contributed by atoms with E-state index in [-0.39, 0.29) is 5.91 Å². The van der Waals surface area contributed by atoms with Crippen molar-refractivity contribution in [3.8, 4) is 0 Å². The first-order valence-corrected chi connectivity index (χ1v) is 4.59. The van der Waals surface area contributed by atoms with Crippen LogP contribution in [0.3, 0.4) is 0 Å². The van der Waals surface area contributed by atoms with Crippen molar-refractivity contribution < 1.29 is 9.32 Å². The molecular weight excluding hydrogens is 182 g/mol. The molecule has 0 fully saturated rings. The topological polar surface area (TPSA) is 81.2 Å². The lowest BCUT2D eigenvalue weighted by molar-refractivity contribution is -0.122. The van der Waals surface area contributed by atoms with Crippen molar-refractivity contribution in [3.63, 3.8) is 0 Å². The highest BCUT2D eigenvalue weighted by Gasteiger charge is 2.10. The molecule has 1 aromatic rings. The molecule has 0 aliphatic heterocycles. The number of amides is 1. The molecule has 1 amide bonds. The van der Waals surface area contributed by atoms with Gasteiger partial charge in [-0.05, 0) is 13.3 Å². The highest BCUT2D eigenvalue weighted by molar-refractivity contribution is 5.81. The molecule has 1 aromatic heterocycles. The number of nitrogens with two attached hydrogens (primary N) is 1. The van der Waals surface area contributed by atoms with Gasteiger partial charge in [-0.25, -0.2) is 0 Å². The van der Waals surface area contributed by atoms with Crippen molar-refractivity contribution in [1.29, 1.82) is 0 Å². The minimum Gasteiger partial charge on any atom is -0.361 e. The fraction of sp³-hybridized carbons (Fsp3) is 0.556. The van der Waals surface area contributed by atoms with Gasteiger partial charge in [0.25, 0.3) is 0 Å². The van der Waals surface area contributed by atoms with E-state index in [2.05, 4.69) is 10.5 Å². The van der Waals surface area contributed by atoms with Gasteiger partial charge in [0.1, 0.15) is 11.5 Å². The average molecular weight is 197 g/mol. The van der Waals surface area contributed by atoms with Crippen LogP contribution in [-0.4, -0.2) is 17.1 Å². The maximum Gasteiger partial charge on any atom is 0.237 e. The van der Waals surface area contributed by atoms with E-state index in [1.54, 1.807) is 13.0 Å². The fourth-order valence-electron chi connectivity index (χ4n) is 0.995. The molecule has 5 heteroatoms. The first kappa shape index (κ1) is 10.7. The van der Waals surface area contributed by atoms with E-state index < -0.39 is 6.04 Å². The molecule has 5 nitrogen and oxygen atoms in total. The Bertz CT molecular complexity index is 309. The Labute approximate surface area is 82.6 Å². The van der Waals surface area contributed by atoms with E-state index in [1.807, 2.05) is 6.92 Å². The van der Waals surface area contributed by atoms with E-state index in [9.17, 15) is 4.79 Å². The van der Waals surface area contributed by atoms with Gasteiger partial charge >= 0.3 is 0 Å². The molecule has 0 spiro atoms. The summed E-state index contributed by atoms with van der Waals surface area (Å²) in [6, 6.07) is 1.33. The minimum absolute atomic E-state index is 0.159. The molecule has 0 bridgehead atoms. The Hall–Kier alpha value is -1.36. The second-order valence-corrected chi connectivity index (χ2v) is 3.16. The summed E-state index contributed by atoms with van der Waals surface area (Å²) in [7, 11) is 0. The number of hydrogen-bond donors (Lipinski definition) is 2. The zero-order valence-electron chi connectivity index (χ0n) is 8.41. The van der Waals surface area contributed by atoms with Crippen LogP contribution in [0, 0.1) is 6.92 Å². The molecule has 1 atom stereocenters. The van der Waals surface area contributed by atoms with Gasteiger partial charge < -0.3 is 15.6 Å². The van der Waals surface area contributed by atoms with Crippen LogP contribution in [0.15, 0.2) is 10.6 Å². The van der Waals surface area contributed by atoms with Gasteiger partial charge in [0.05, 0.1) is 12.6 Å². The largest absolute Gasteiger partial charge is 0.361 e. The Morgan fingerprint density at radius 3 is 3.00 bits per heavy atom. The summed E-state index contributed by atoms with van der Waals surface area (Å²) in [5.74, 6) is 0.571. The molecule has 0 saturated heterocycles. The molecule has 0 aliphatic carbocycles. The molecule has 0 saturated carbocycles. The van der Waals surface area contributed by atoms with E-state index in [0.29, 0.717) is 18.7 Å². The van der Waals surface area contributed by atoms with Crippen molar-refractivity contribution in [2.75, 3.05) is 0 Å². The third kappa shape index (κ3) is 2.85. The van der Waals surface area contributed by atoms with E-state index in [0.717, 1.165) is 5.76 Å². The standard InChI is InChI=1S/C9H15N3O2/c1-3-8(10)9(13)11-5-7-4-6(2)14-12-7/h4,8H,3,5,10H2,1-2H3,(H,11,13)/t8-/m1/s1. The first-order valence-electron chi connectivity index (χ1n) is 4.59. The molecule has 0 radical (unpaired) electrons. The van der Waals surface area contributed by atoms with Crippen LogP contribution < -0.4 is 11.1 Å². The van der Waals surface area contributed by atoms with Gasteiger partial charge in [-0.2, -0.15) is 0 Å². The summed E-state index contributed by atoms with van der Waals surface area (Å²) in [5, 5.41) is 6.42. The van der Waals surface area contributed by atoms with Crippen molar-refractivity contribution >= 4 is 5.91 Å². The maximum atomic E-state index is 11.3. The number of nitrogens with one attached hydrogen (secondary N) is 1. The molecule has 14 heavy (non-hydrogen) atoms. The van der Waals surface area contributed by atoms with Crippen molar-refractivity contribution in [2.45, 2.75) is 32.9 Å². The van der Waals surface area contributed by atoms with Gasteiger partial charge in [-0.3, -0.25) is 4.79 Å². The monoisotopic (exact) mass is 197 g/mol. The van der Waals surface area contributed by atoms with E-state index in [4.69, 9.17) is 10.3 Å². The third-order valence-electron chi connectivity index (χ3n) is 1.90. The van der Waals surface area contributed by atoms with Gasteiger partial charge in [0.15, 0.2) is 0 Å². The number of rotatable bonds is 4. The summed E-state index contributed by atoms with van der Waals surface area (Å²) < 4.78 is 4.85. The lowest BCUT2D eigenvalue weighted by Crippen LogP contribution is -2.39. The van der Waals surface area contributed by atoms with Gasteiger partial charge in [0, 0.05) is 6.07 Å². The molecule has 0 aliphatic rings. The molecule has 1 heterocycles. The lowest BCUT2D eigenvalue weighted by Gasteiger charge is -2.07. The summed E-state index contributed by atoms with van der Waals surface area (Å²) in [6.45, 7) is 4.03. The number of hydrogen-bond acceptors (Lipinski definition) is 4. The number of aromatic nitrogens is 1. The Morgan fingerprint density at radius 1 is 1.79 bits per heavy atom. The number of aryl methyl sites for hydroxylation is 1. The van der Waals surface area contributed by atoms with E-state index >= 15 is 0 Å². The van der Waals surface area contributed by atoms with E-state index in [1.165, 1.54) is 0 Å². The van der Waals surface area contributed by atoms with Crippen LogP contribution in [-0.2, 0) is 11.3 Å². The predicted octanol–water partition coefficient (Wildman–Crippen LogP) is 0.337. The second-order valence-electron chi connectivity index (χ2n) is 3.16. The van der Waals surface area contributed by atoms with Crippen molar-refractivity contribution in [1.82, 2.24) is 10.5 Å². The Morgan fingerprint density at radius 2 is 2.50 bits per heavy atom. The summed E-state index contributed by atoms with van der Waals surface area (Å²) in [5.41, 5.74) is 6.24. The zero-order valence-corrected chi connectivity index (χ0v) is 8.41. The summed E-state index contributed by atoms with van der Waals surface area (Å²) >= 11 is 0. The number of nitrogens with zero attached hydrogens (tertiary/aromatic N) is 1. The average Bonchev–Trinajstić information content (AvgIpc) is 2.59. The minimum atomic E-state index is -0.442. The lowest BCUT2D eigenvalue weighted by atomic mass is 10.2. The Balaban J connectivity index is 2.37. The van der Waals surface area contributed by atoms with Gasteiger partial charge in [-0.1, -0.05) is 12.1 Å². The maximum absolute atomic E-state index is 11.3. The number of carbonyl (C=O) groups is 1. The van der Waals surface area contributed by atoms with Gasteiger partial charge in [0.2, 0.25) is 5.91 Å². The van der Waals surface area contributed by atoms with Crippen molar-refractivity contribution in [3.05, 3.63) is 17.5 Å². The Kier molecular flexibility index (Phi) is 3.64. The molecular formula is C9H15N3O2. The number of carbonyl (C=O) groups excluding carboxylic acids is 1. The van der Waals surface area contributed by atoms with Crippen LogP contribution >= 0.6 is 0 Å². The summed E-state index contributed by atoms with van der Waals surface area (Å²) in [6.07, 6.45) is 0.629. The van der Waals surface area contributed by atoms with Crippen LogP contribution in [0.1, 0.15) is 24.8 Å². The predicted molar refractivity (Wildman–Crippen MR) is 51.4 cm³/mol. The smallest absolute Gasteiger partial charge is 0.237 e. The quantitative estimate of drug-likeness (QED) is 0.729. The van der Waals surface area contributed by atoms with Gasteiger partial charge in [-0.15, -0.1) is 0 Å². The van der Waals surface area contributed by atoms with Crippen LogP contribution in [0.2, 0.25) is 0 Å². The van der Waals surface area contributed by atoms with Crippen LogP contribution in [0.25, 0.3) is 0 Å². The highest BCUT2D eigenvalue weighted by atomic mass is 16.5. The fourth-order valence-corrected chi connectivity index (χ4v) is 0.995. The normalized spacial score (nSPS) is 12.5. The molecule has 0 aromatic carbocycles. The summed E-state index contributed by atoms with van der Waals surface area (Å²) in [4.78, 5) is 11.3. The van der Waals surface area contributed by atoms with Crippen molar-refractivity contribution in [2.24, 2.45) is 5.73 Å². The second kappa shape index (κ2) is 4.76. The SMILES string of the molecule is CC[C@@H](N)C(=O)NCc1cc(C)on1.